The van der Waals surface area contributed by atoms with Crippen LogP contribution in [-0.2, 0) is 18.9 Å². The van der Waals surface area contributed by atoms with E-state index in [0.717, 1.165) is 38.9 Å². The third kappa shape index (κ3) is 3.73. The first-order chi connectivity index (χ1) is 16.3. The van der Waals surface area contributed by atoms with Gasteiger partial charge < -0.3 is 30.4 Å². The van der Waals surface area contributed by atoms with Crippen molar-refractivity contribution in [2.45, 2.75) is 90.6 Å². The van der Waals surface area contributed by atoms with Crippen LogP contribution in [0, 0.1) is 46.3 Å². The molecular weight excluding hydrogens is 428 g/mol. The molecule has 1 saturated heterocycles. The van der Waals surface area contributed by atoms with Crippen molar-refractivity contribution in [2.24, 2.45) is 57.8 Å². The van der Waals surface area contributed by atoms with E-state index in [2.05, 4.69) is 27.7 Å². The predicted octanol–water partition coefficient (Wildman–Crippen LogP) is 3.95. The maximum atomic E-state index is 6.72. The minimum atomic E-state index is -0.444. The largest absolute Gasteiger partial charge is 0.377 e. The van der Waals surface area contributed by atoms with Crippen LogP contribution in [0.2, 0.25) is 0 Å². The molecule has 0 bridgehead atoms. The summed E-state index contributed by atoms with van der Waals surface area (Å²) in [7, 11) is 0. The van der Waals surface area contributed by atoms with Crippen molar-refractivity contribution in [1.82, 2.24) is 0 Å². The van der Waals surface area contributed by atoms with Gasteiger partial charge in [-0.2, -0.15) is 0 Å². The summed E-state index contributed by atoms with van der Waals surface area (Å²) >= 11 is 0. The lowest BCUT2D eigenvalue weighted by molar-refractivity contribution is -0.325. The monoisotopic (exact) mass is 478 g/mol. The summed E-state index contributed by atoms with van der Waals surface area (Å²) in [5, 5.41) is 0. The zero-order chi connectivity index (χ0) is 24.1. The van der Waals surface area contributed by atoms with E-state index in [1.165, 1.54) is 19.3 Å². The SMILES string of the molecule is CC(C)[C@H]1CC[C@H]2C3C(OCCN)CC4CC(OCCN)CC[C@]4(C)[C@H]3CC3(OCCO3)[C@]12C. The van der Waals surface area contributed by atoms with Gasteiger partial charge in [-0.15, -0.1) is 0 Å². The van der Waals surface area contributed by atoms with Crippen molar-refractivity contribution in [2.75, 3.05) is 39.5 Å². The van der Waals surface area contributed by atoms with Gasteiger partial charge in [-0.3, -0.25) is 0 Å². The molecule has 6 heteroatoms. The summed E-state index contributed by atoms with van der Waals surface area (Å²) in [5.74, 6) is 3.08. The van der Waals surface area contributed by atoms with Gasteiger partial charge >= 0.3 is 0 Å². The van der Waals surface area contributed by atoms with Gasteiger partial charge in [-0.05, 0) is 79.4 Å². The second kappa shape index (κ2) is 9.57. The molecule has 0 radical (unpaired) electrons. The third-order valence-electron chi connectivity index (χ3n) is 11.3. The van der Waals surface area contributed by atoms with Crippen molar-refractivity contribution < 1.29 is 18.9 Å². The van der Waals surface area contributed by atoms with Crippen molar-refractivity contribution in [3.8, 4) is 0 Å². The summed E-state index contributed by atoms with van der Waals surface area (Å²) in [6, 6.07) is 0. The highest BCUT2D eigenvalue weighted by molar-refractivity contribution is 5.18. The molecule has 0 aromatic carbocycles. The van der Waals surface area contributed by atoms with E-state index in [-0.39, 0.29) is 16.9 Å². The molecule has 4 saturated carbocycles. The summed E-state index contributed by atoms with van der Waals surface area (Å²) < 4.78 is 26.2. The number of hydrogen-bond acceptors (Lipinski definition) is 6. The molecule has 5 fully saturated rings. The van der Waals surface area contributed by atoms with Gasteiger partial charge in [0.15, 0.2) is 5.79 Å². The molecule has 6 nitrogen and oxygen atoms in total. The summed E-state index contributed by atoms with van der Waals surface area (Å²) in [6.45, 7) is 13.8. The fourth-order valence-corrected chi connectivity index (χ4v) is 9.87. The van der Waals surface area contributed by atoms with E-state index in [1.807, 2.05) is 0 Å². The van der Waals surface area contributed by atoms with Gasteiger partial charge in [0.05, 0.1) is 38.6 Å². The molecule has 0 aromatic rings. The quantitative estimate of drug-likeness (QED) is 0.576. The van der Waals surface area contributed by atoms with Crippen LogP contribution in [0.3, 0.4) is 0 Å². The lowest BCUT2D eigenvalue weighted by Crippen LogP contribution is -2.67. The Balaban J connectivity index is 1.52. The number of rotatable bonds is 7. The van der Waals surface area contributed by atoms with E-state index >= 15 is 0 Å². The van der Waals surface area contributed by atoms with Gasteiger partial charge in [0.1, 0.15) is 0 Å². The Labute approximate surface area is 207 Å². The number of fused-ring (bicyclic) bond motifs is 6. The number of hydrogen-bond donors (Lipinski definition) is 2. The molecule has 4 N–H and O–H groups in total. The van der Waals surface area contributed by atoms with Crippen molar-refractivity contribution >= 4 is 0 Å². The zero-order valence-electron chi connectivity index (χ0n) is 22.1. The topological polar surface area (TPSA) is 89.0 Å². The van der Waals surface area contributed by atoms with Gasteiger partial charge in [0, 0.05) is 24.9 Å². The van der Waals surface area contributed by atoms with E-state index in [1.54, 1.807) is 0 Å². The molecule has 196 valence electrons. The predicted molar refractivity (Wildman–Crippen MR) is 133 cm³/mol. The van der Waals surface area contributed by atoms with Crippen molar-refractivity contribution in [1.29, 1.82) is 0 Å². The fraction of sp³-hybridized carbons (Fsp3) is 1.00. The van der Waals surface area contributed by atoms with Crippen LogP contribution < -0.4 is 11.5 Å². The molecule has 0 aromatic heterocycles. The van der Waals surface area contributed by atoms with Gasteiger partial charge in [-0.1, -0.05) is 27.7 Å². The highest BCUT2D eigenvalue weighted by atomic mass is 16.7. The summed E-state index contributed by atoms with van der Waals surface area (Å²) in [4.78, 5) is 0. The first-order valence-corrected chi connectivity index (χ1v) is 14.2. The van der Waals surface area contributed by atoms with E-state index in [9.17, 15) is 0 Å². The molecule has 9 atom stereocenters. The second-order valence-corrected chi connectivity index (χ2v) is 12.8. The first kappa shape index (κ1) is 25.4. The van der Waals surface area contributed by atoms with Crippen molar-refractivity contribution in [3.63, 3.8) is 0 Å². The molecule has 4 aliphatic carbocycles. The van der Waals surface area contributed by atoms with Gasteiger partial charge in [0.2, 0.25) is 0 Å². The maximum absolute atomic E-state index is 6.72. The Kier molecular flexibility index (Phi) is 7.15. The smallest absolute Gasteiger partial charge is 0.174 e. The third-order valence-corrected chi connectivity index (χ3v) is 11.3. The fourth-order valence-electron chi connectivity index (χ4n) is 9.87. The van der Waals surface area contributed by atoms with Crippen LogP contribution in [0.25, 0.3) is 0 Å². The normalized spacial score (nSPS) is 47.6. The average molecular weight is 479 g/mol. The lowest BCUT2D eigenvalue weighted by Gasteiger charge is -2.66. The van der Waals surface area contributed by atoms with Crippen LogP contribution in [0.1, 0.15) is 72.6 Å². The molecule has 1 spiro atoms. The Morgan fingerprint density at radius 1 is 0.912 bits per heavy atom. The maximum Gasteiger partial charge on any atom is 0.174 e. The van der Waals surface area contributed by atoms with E-state index in [4.69, 9.17) is 30.4 Å². The Hall–Kier alpha value is -0.240. The minimum Gasteiger partial charge on any atom is -0.377 e. The highest BCUT2D eigenvalue weighted by Gasteiger charge is 2.72. The average Bonchev–Trinajstić information content (AvgIpc) is 3.43. The van der Waals surface area contributed by atoms with Crippen LogP contribution in [0.5, 0.6) is 0 Å². The highest BCUT2D eigenvalue weighted by Crippen LogP contribution is 2.72. The number of ether oxygens (including phenoxy) is 4. The summed E-state index contributed by atoms with van der Waals surface area (Å²) in [6.07, 6.45) is 8.75. The standard InChI is InChI=1S/C28H50N2O4/c1-18(2)21-5-6-22-25-23(17-28(27(21,22)4)33-13-14-34-28)26(3)8-7-20(31-11-9-29)15-19(26)16-24(25)32-12-10-30/h18-25H,5-17,29-30H2,1-4H3/t19?,20?,21-,22+,23+,24?,25?,26+,27-/m1/s1. The van der Waals surface area contributed by atoms with Crippen LogP contribution >= 0.6 is 0 Å². The van der Waals surface area contributed by atoms with Gasteiger partial charge in [-0.25, -0.2) is 0 Å². The Bertz CT molecular complexity index is 713. The molecule has 34 heavy (non-hydrogen) atoms. The van der Waals surface area contributed by atoms with Crippen LogP contribution in [0.15, 0.2) is 0 Å². The van der Waals surface area contributed by atoms with E-state index < -0.39 is 5.79 Å². The molecule has 5 aliphatic rings. The van der Waals surface area contributed by atoms with Crippen LogP contribution in [0.4, 0.5) is 0 Å². The minimum absolute atomic E-state index is 0.0355. The van der Waals surface area contributed by atoms with Gasteiger partial charge in [0.25, 0.3) is 0 Å². The first-order valence-electron chi connectivity index (χ1n) is 14.2. The molecular formula is C28H50N2O4. The zero-order valence-corrected chi connectivity index (χ0v) is 22.1. The second-order valence-electron chi connectivity index (χ2n) is 12.8. The van der Waals surface area contributed by atoms with E-state index in [0.29, 0.717) is 67.9 Å². The molecule has 5 rings (SSSR count). The molecule has 1 aliphatic heterocycles. The molecule has 4 unspecified atom stereocenters. The van der Waals surface area contributed by atoms with Crippen molar-refractivity contribution in [3.05, 3.63) is 0 Å². The Morgan fingerprint density at radius 2 is 1.62 bits per heavy atom. The molecule has 0 amide bonds. The van der Waals surface area contributed by atoms with Crippen LogP contribution in [-0.4, -0.2) is 57.5 Å². The molecule has 1 heterocycles. The summed E-state index contributed by atoms with van der Waals surface area (Å²) in [5.41, 5.74) is 12.0. The number of nitrogens with two attached hydrogens (primary N) is 2. The Morgan fingerprint density at radius 3 is 2.29 bits per heavy atom. The lowest BCUT2D eigenvalue weighted by atomic mass is 9.42.